The summed E-state index contributed by atoms with van der Waals surface area (Å²) >= 11 is 0. The van der Waals surface area contributed by atoms with Crippen molar-refractivity contribution in [2.45, 2.75) is 111 Å². The Hall–Kier alpha value is -2.01. The molecule has 8 nitrogen and oxygen atoms in total. The van der Waals surface area contributed by atoms with Crippen molar-refractivity contribution in [1.29, 1.82) is 0 Å². The van der Waals surface area contributed by atoms with Gasteiger partial charge in [0.25, 0.3) is 0 Å². The molecule has 3 fully saturated rings. The molecule has 1 aliphatic heterocycles. The zero-order valence-electron chi connectivity index (χ0n) is 25.7. The lowest BCUT2D eigenvalue weighted by molar-refractivity contribution is -0.195. The van der Waals surface area contributed by atoms with Crippen LogP contribution >= 0.6 is 0 Å². The number of rotatable bonds is 10. The van der Waals surface area contributed by atoms with E-state index >= 15 is 4.39 Å². The fraction of sp³-hybridized carbons (Fsp3) is 0.750. The number of nitrogens with one attached hydrogen (secondary N) is 1. The van der Waals surface area contributed by atoms with Gasteiger partial charge in [0.15, 0.2) is 18.2 Å². The predicted octanol–water partition coefficient (Wildman–Crippen LogP) is 3.67. The lowest BCUT2D eigenvalue weighted by Crippen LogP contribution is -2.60. The molecule has 3 saturated carbocycles. The number of halogens is 1. The second-order valence-corrected chi connectivity index (χ2v) is 14.3. The van der Waals surface area contributed by atoms with Gasteiger partial charge >= 0.3 is 13.1 Å². The molecule has 42 heavy (non-hydrogen) atoms. The smallest absolute Gasteiger partial charge is 0.479 e. The van der Waals surface area contributed by atoms with Gasteiger partial charge < -0.3 is 34.4 Å². The van der Waals surface area contributed by atoms with E-state index in [0.29, 0.717) is 37.4 Å². The van der Waals surface area contributed by atoms with Crippen LogP contribution in [0, 0.1) is 33.9 Å². The summed E-state index contributed by atoms with van der Waals surface area (Å²) < 4.78 is 32.0. The Balaban J connectivity index is 1.40. The lowest BCUT2D eigenvalue weighted by atomic mass is 9.47. The van der Waals surface area contributed by atoms with Crippen LogP contribution in [0.1, 0.15) is 91.5 Å². The molecule has 4 aliphatic rings. The molecule has 0 aromatic heterocycles. The second-order valence-electron chi connectivity index (χ2n) is 14.3. The van der Waals surface area contributed by atoms with Crippen LogP contribution in [0.3, 0.4) is 0 Å². The van der Waals surface area contributed by atoms with Gasteiger partial charge in [-0.1, -0.05) is 33.8 Å². The van der Waals surface area contributed by atoms with Gasteiger partial charge in [-0.2, -0.15) is 0 Å². The summed E-state index contributed by atoms with van der Waals surface area (Å²) in [6.07, 6.45) is 5.30. The first-order valence-corrected chi connectivity index (χ1v) is 15.6. The largest absolute Gasteiger partial charge is 0.494 e. The van der Waals surface area contributed by atoms with Gasteiger partial charge in [-0.3, -0.25) is 0 Å². The topological polar surface area (TPSA) is 114 Å². The molecule has 1 aromatic rings. The van der Waals surface area contributed by atoms with Crippen molar-refractivity contribution in [3.63, 3.8) is 0 Å². The molecule has 1 heterocycles. The first-order chi connectivity index (χ1) is 19.8. The van der Waals surface area contributed by atoms with E-state index in [0.717, 1.165) is 32.1 Å². The summed E-state index contributed by atoms with van der Waals surface area (Å²) in [5.74, 6) is -1.13. The highest BCUT2D eigenvalue weighted by atomic mass is 19.1. The molecule has 3 aliphatic carbocycles. The van der Waals surface area contributed by atoms with Crippen LogP contribution in [0.15, 0.2) is 12.1 Å². The Morgan fingerprint density at radius 3 is 2.64 bits per heavy atom. The first kappa shape index (κ1) is 31.4. The van der Waals surface area contributed by atoms with E-state index in [4.69, 9.17) is 14.1 Å². The molecule has 0 saturated heterocycles. The van der Waals surface area contributed by atoms with E-state index in [1.165, 1.54) is 6.07 Å². The molecule has 10 heteroatoms. The highest BCUT2D eigenvalue weighted by Gasteiger charge is 2.59. The third-order valence-electron chi connectivity index (χ3n) is 11.3. The van der Waals surface area contributed by atoms with Gasteiger partial charge in [-0.25, -0.2) is 9.18 Å². The fourth-order valence-corrected chi connectivity index (χ4v) is 7.97. The fourth-order valence-electron chi connectivity index (χ4n) is 7.97. The number of hydrogen-bond donors (Lipinski definition) is 3. The van der Waals surface area contributed by atoms with Gasteiger partial charge in [-0.15, -0.1) is 0 Å². The van der Waals surface area contributed by atoms with E-state index < -0.39 is 43.1 Å². The number of carbonyl (C=O) groups is 2. The van der Waals surface area contributed by atoms with Crippen LogP contribution in [0.25, 0.3) is 0 Å². The number of fused-ring (bicyclic) bond motifs is 3. The molecular formula is C32H47BFNO7. The molecule has 2 bridgehead atoms. The molecular weight excluding hydrogens is 540 g/mol. The predicted molar refractivity (Wildman–Crippen MR) is 157 cm³/mol. The SMILES string of the molecule is CC(=O)CC[C@]12CC[C@@H](C)[C@](C)(C1)[C@H](OC(=O)COc1ccc3c(c1F)B(O)OC3)C[C@@](C)(CNC1CC1)[C@@H](O)[C@@H]2C. The second kappa shape index (κ2) is 11.8. The van der Waals surface area contributed by atoms with E-state index in [-0.39, 0.29) is 46.3 Å². The number of ether oxygens (including phenoxy) is 2. The number of Topliss-reactive ketones (excluding diaryl/α,β-unsaturated/α-hetero) is 1. The third-order valence-corrected chi connectivity index (χ3v) is 11.3. The number of hydrogen-bond acceptors (Lipinski definition) is 8. The van der Waals surface area contributed by atoms with Gasteiger partial charge in [0.05, 0.1) is 12.7 Å². The minimum absolute atomic E-state index is 0.0308. The van der Waals surface area contributed by atoms with Crippen LogP contribution < -0.4 is 15.5 Å². The molecule has 7 atom stereocenters. The van der Waals surface area contributed by atoms with Crippen molar-refractivity contribution in [2.24, 2.45) is 28.1 Å². The average molecular weight is 588 g/mol. The van der Waals surface area contributed by atoms with Crippen molar-refractivity contribution in [2.75, 3.05) is 13.2 Å². The molecule has 0 radical (unpaired) electrons. The highest BCUT2D eigenvalue weighted by molar-refractivity contribution is 6.61. The Kier molecular flexibility index (Phi) is 8.85. The maximum atomic E-state index is 15.0. The molecule has 5 rings (SSSR count). The van der Waals surface area contributed by atoms with Crippen molar-refractivity contribution in [3.8, 4) is 5.75 Å². The number of aliphatic hydroxyl groups excluding tert-OH is 1. The van der Waals surface area contributed by atoms with Crippen molar-refractivity contribution in [1.82, 2.24) is 5.32 Å². The average Bonchev–Trinajstić information content (AvgIpc) is 3.71. The van der Waals surface area contributed by atoms with Crippen LogP contribution in [-0.2, 0) is 25.6 Å². The summed E-state index contributed by atoms with van der Waals surface area (Å²) in [5, 5.41) is 25.6. The van der Waals surface area contributed by atoms with Crippen LogP contribution in [-0.4, -0.2) is 60.4 Å². The van der Waals surface area contributed by atoms with Crippen LogP contribution in [0.5, 0.6) is 5.75 Å². The summed E-state index contributed by atoms with van der Waals surface area (Å²) in [4.78, 5) is 25.5. The number of esters is 1. The van der Waals surface area contributed by atoms with Crippen molar-refractivity contribution in [3.05, 3.63) is 23.5 Å². The molecule has 3 N–H and O–H groups in total. The lowest BCUT2D eigenvalue weighted by Gasteiger charge is -2.60. The van der Waals surface area contributed by atoms with E-state index in [9.17, 15) is 19.7 Å². The maximum absolute atomic E-state index is 15.0. The highest BCUT2D eigenvalue weighted by Crippen LogP contribution is 2.61. The number of carbonyl (C=O) groups excluding carboxylic acids is 2. The first-order valence-electron chi connectivity index (χ1n) is 15.6. The minimum atomic E-state index is -1.36. The quantitative estimate of drug-likeness (QED) is 0.281. The molecule has 0 spiro atoms. The molecule has 0 unspecified atom stereocenters. The zero-order valence-corrected chi connectivity index (χ0v) is 25.7. The van der Waals surface area contributed by atoms with Gasteiger partial charge in [0.2, 0.25) is 0 Å². The van der Waals surface area contributed by atoms with Crippen LogP contribution in [0.4, 0.5) is 4.39 Å². The number of ketones is 1. The van der Waals surface area contributed by atoms with E-state index in [1.807, 2.05) is 0 Å². The van der Waals surface area contributed by atoms with Crippen molar-refractivity contribution < 1.29 is 38.2 Å². The summed E-state index contributed by atoms with van der Waals surface area (Å²) in [5.41, 5.74) is -0.640. The summed E-state index contributed by atoms with van der Waals surface area (Å²) in [7, 11) is -1.36. The molecule has 0 amide bonds. The van der Waals surface area contributed by atoms with E-state index in [2.05, 4.69) is 33.0 Å². The van der Waals surface area contributed by atoms with Crippen molar-refractivity contribution >= 4 is 24.3 Å². The number of aliphatic hydroxyl groups is 1. The normalized spacial score (nSPS) is 36.1. The Bertz CT molecular complexity index is 1200. The number of benzene rings is 1. The maximum Gasteiger partial charge on any atom is 0.494 e. The molecule has 1 aromatic carbocycles. The van der Waals surface area contributed by atoms with Crippen LogP contribution in [0.2, 0.25) is 0 Å². The van der Waals surface area contributed by atoms with E-state index in [1.54, 1.807) is 13.0 Å². The Morgan fingerprint density at radius 2 is 1.95 bits per heavy atom. The Labute approximate surface area is 249 Å². The van der Waals surface area contributed by atoms with Gasteiger partial charge in [0.1, 0.15) is 11.9 Å². The Morgan fingerprint density at radius 1 is 1.21 bits per heavy atom. The summed E-state index contributed by atoms with van der Waals surface area (Å²) in [6.45, 7) is 10.5. The standard InChI is InChI=1S/C32H47BFNO7/c1-19-10-12-32(13-11-20(2)36)17-31(19,5)25(14-30(4,29(38)21(32)3)18-35-23-7-8-23)42-26(37)16-40-24-9-6-22-15-41-33(39)27(22)28(24)34/h6,9,19,21,23,25,29,35,38-39H,7-8,10-18H2,1-5H3/t19-,21+,25-,29+,30+,31+,32-/m1/s1. The monoisotopic (exact) mass is 587 g/mol. The van der Waals surface area contributed by atoms with Gasteiger partial charge in [-0.05, 0) is 80.8 Å². The van der Waals surface area contributed by atoms with Gasteiger partial charge in [0, 0.05) is 35.3 Å². The summed E-state index contributed by atoms with van der Waals surface area (Å²) in [6, 6.07) is 3.51. The zero-order chi connectivity index (χ0) is 30.4. The molecule has 232 valence electrons. The minimum Gasteiger partial charge on any atom is -0.479 e. The third kappa shape index (κ3) is 6.01.